The van der Waals surface area contributed by atoms with E-state index >= 15 is 0 Å². The summed E-state index contributed by atoms with van der Waals surface area (Å²) in [6.45, 7) is 1.80. The first kappa shape index (κ1) is 19.1. The minimum atomic E-state index is -0.727. The lowest BCUT2D eigenvalue weighted by Crippen LogP contribution is -2.11. The number of aliphatic hydroxyl groups is 1. The summed E-state index contributed by atoms with van der Waals surface area (Å²) in [6.07, 6.45) is 1.20. The summed E-state index contributed by atoms with van der Waals surface area (Å²) < 4.78 is 18.9. The minimum Gasteiger partial charge on any atom is -0.505 e. The van der Waals surface area contributed by atoms with Crippen LogP contribution in [0.25, 0.3) is 15.8 Å². The molecule has 1 N–H and O–H groups in total. The van der Waals surface area contributed by atoms with E-state index in [-0.39, 0.29) is 17.9 Å². The van der Waals surface area contributed by atoms with E-state index in [1.807, 2.05) is 24.3 Å². The summed E-state index contributed by atoms with van der Waals surface area (Å²) in [6, 6.07) is 12.8. The standard InChI is InChI=1S/C20H15ClFNO3S/c1-2-26-20(25)15(11-23-13-9-7-12(22)8-10-13)18(24)19-17(21)14-5-3-4-6-16(14)27-19/h3-11,24H,2H2,1H3/b18-15-,23-11?. The molecule has 0 bridgehead atoms. The van der Waals surface area contributed by atoms with Gasteiger partial charge in [0.2, 0.25) is 0 Å². The van der Waals surface area contributed by atoms with Gasteiger partial charge >= 0.3 is 5.97 Å². The van der Waals surface area contributed by atoms with Crippen molar-refractivity contribution < 1.29 is 19.0 Å². The predicted molar refractivity (Wildman–Crippen MR) is 108 cm³/mol. The van der Waals surface area contributed by atoms with Gasteiger partial charge in [-0.25, -0.2) is 9.18 Å². The van der Waals surface area contributed by atoms with E-state index in [0.29, 0.717) is 15.6 Å². The number of halogens is 2. The van der Waals surface area contributed by atoms with Crippen molar-refractivity contribution in [2.75, 3.05) is 6.61 Å². The summed E-state index contributed by atoms with van der Waals surface area (Å²) >= 11 is 7.65. The summed E-state index contributed by atoms with van der Waals surface area (Å²) in [5.41, 5.74) is 0.295. The molecule has 7 heteroatoms. The lowest BCUT2D eigenvalue weighted by molar-refractivity contribution is -0.137. The zero-order valence-electron chi connectivity index (χ0n) is 14.3. The highest BCUT2D eigenvalue weighted by molar-refractivity contribution is 7.20. The molecule has 0 radical (unpaired) electrons. The van der Waals surface area contributed by atoms with Gasteiger partial charge in [0.15, 0.2) is 0 Å². The Labute approximate surface area is 164 Å². The summed E-state index contributed by atoms with van der Waals surface area (Å²) in [5, 5.41) is 11.9. The van der Waals surface area contributed by atoms with Crippen molar-refractivity contribution in [1.82, 2.24) is 0 Å². The molecular formula is C20H15ClFNO3S. The van der Waals surface area contributed by atoms with Crippen LogP contribution in [0.3, 0.4) is 0 Å². The first-order valence-electron chi connectivity index (χ1n) is 8.08. The fourth-order valence-corrected chi connectivity index (χ4v) is 3.85. The fourth-order valence-electron chi connectivity index (χ4n) is 2.37. The number of esters is 1. The maximum Gasteiger partial charge on any atom is 0.343 e. The molecule has 3 aromatic rings. The quantitative estimate of drug-likeness (QED) is 0.248. The van der Waals surface area contributed by atoms with E-state index < -0.39 is 11.8 Å². The maximum atomic E-state index is 13.0. The predicted octanol–water partition coefficient (Wildman–Crippen LogP) is 5.93. The summed E-state index contributed by atoms with van der Waals surface area (Å²) in [5.74, 6) is -1.44. The Morgan fingerprint density at radius 2 is 1.96 bits per heavy atom. The molecule has 3 rings (SSSR count). The first-order valence-corrected chi connectivity index (χ1v) is 9.28. The van der Waals surface area contributed by atoms with Crippen LogP contribution in [-0.2, 0) is 9.53 Å². The van der Waals surface area contributed by atoms with Crippen LogP contribution >= 0.6 is 22.9 Å². The molecule has 0 atom stereocenters. The molecule has 0 amide bonds. The third kappa shape index (κ3) is 4.18. The number of benzene rings is 2. The highest BCUT2D eigenvalue weighted by Crippen LogP contribution is 2.39. The molecular weight excluding hydrogens is 389 g/mol. The number of nitrogens with zero attached hydrogens (tertiary/aromatic N) is 1. The van der Waals surface area contributed by atoms with E-state index in [9.17, 15) is 14.3 Å². The Bertz CT molecular complexity index is 1040. The number of carbonyl (C=O) groups excluding carboxylic acids is 1. The average molecular weight is 404 g/mol. The van der Waals surface area contributed by atoms with Gasteiger partial charge in [0.05, 0.1) is 22.2 Å². The van der Waals surface area contributed by atoms with Crippen LogP contribution in [0, 0.1) is 5.82 Å². The molecule has 0 aliphatic heterocycles. The summed E-state index contributed by atoms with van der Waals surface area (Å²) in [4.78, 5) is 16.8. The Morgan fingerprint density at radius 1 is 1.26 bits per heavy atom. The minimum absolute atomic E-state index is 0.130. The summed E-state index contributed by atoms with van der Waals surface area (Å²) in [7, 11) is 0. The number of carbonyl (C=O) groups is 1. The van der Waals surface area contributed by atoms with Gasteiger partial charge in [0, 0.05) is 16.3 Å². The van der Waals surface area contributed by atoms with Crippen LogP contribution < -0.4 is 0 Å². The third-order valence-electron chi connectivity index (χ3n) is 3.67. The zero-order chi connectivity index (χ0) is 19.4. The smallest absolute Gasteiger partial charge is 0.343 e. The van der Waals surface area contributed by atoms with Gasteiger partial charge in [-0.1, -0.05) is 29.8 Å². The van der Waals surface area contributed by atoms with Gasteiger partial charge in [-0.3, -0.25) is 4.99 Å². The number of aliphatic imine (C=N–C) groups is 1. The van der Waals surface area contributed by atoms with Gasteiger partial charge in [0.25, 0.3) is 0 Å². The van der Waals surface area contributed by atoms with Gasteiger partial charge in [-0.05, 0) is 37.3 Å². The molecule has 4 nitrogen and oxygen atoms in total. The first-order chi connectivity index (χ1) is 13.0. The molecule has 1 aromatic heterocycles. The molecule has 0 spiro atoms. The van der Waals surface area contributed by atoms with E-state index in [1.165, 1.54) is 41.8 Å². The van der Waals surface area contributed by atoms with Gasteiger partial charge in [0.1, 0.15) is 17.1 Å². The van der Waals surface area contributed by atoms with Gasteiger partial charge in [-0.2, -0.15) is 0 Å². The Balaban J connectivity index is 2.08. The number of fused-ring (bicyclic) bond motifs is 1. The topological polar surface area (TPSA) is 58.9 Å². The Morgan fingerprint density at radius 3 is 2.63 bits per heavy atom. The molecule has 0 saturated carbocycles. The molecule has 27 heavy (non-hydrogen) atoms. The van der Waals surface area contributed by atoms with E-state index in [1.54, 1.807) is 6.92 Å². The number of rotatable bonds is 5. The highest BCUT2D eigenvalue weighted by Gasteiger charge is 2.21. The second-order valence-electron chi connectivity index (χ2n) is 5.46. The zero-order valence-corrected chi connectivity index (χ0v) is 15.9. The van der Waals surface area contributed by atoms with Crippen molar-refractivity contribution in [3.05, 3.63) is 69.8 Å². The Kier molecular flexibility index (Phi) is 5.88. The van der Waals surface area contributed by atoms with Crippen LogP contribution in [-0.4, -0.2) is 23.9 Å². The maximum absolute atomic E-state index is 13.0. The van der Waals surface area contributed by atoms with E-state index in [4.69, 9.17) is 16.3 Å². The number of aliphatic hydroxyl groups excluding tert-OH is 1. The van der Waals surface area contributed by atoms with E-state index in [0.717, 1.165) is 10.1 Å². The van der Waals surface area contributed by atoms with Crippen molar-refractivity contribution in [2.24, 2.45) is 4.99 Å². The third-order valence-corrected chi connectivity index (χ3v) is 5.35. The van der Waals surface area contributed by atoms with Crippen molar-refractivity contribution in [3.63, 3.8) is 0 Å². The monoisotopic (exact) mass is 403 g/mol. The molecule has 0 aliphatic carbocycles. The molecule has 138 valence electrons. The van der Waals surface area contributed by atoms with Crippen molar-refractivity contribution in [2.45, 2.75) is 6.92 Å². The fraction of sp³-hybridized carbons (Fsp3) is 0.100. The lowest BCUT2D eigenvalue weighted by Gasteiger charge is -2.06. The average Bonchev–Trinajstić information content (AvgIpc) is 3.00. The van der Waals surface area contributed by atoms with Crippen LogP contribution in [0.1, 0.15) is 11.8 Å². The number of hydrogen-bond donors (Lipinski definition) is 1. The number of hydrogen-bond acceptors (Lipinski definition) is 5. The van der Waals surface area contributed by atoms with Crippen molar-refractivity contribution in [1.29, 1.82) is 0 Å². The van der Waals surface area contributed by atoms with Crippen molar-refractivity contribution in [3.8, 4) is 0 Å². The molecule has 0 saturated heterocycles. The largest absolute Gasteiger partial charge is 0.505 e. The van der Waals surface area contributed by atoms with E-state index in [2.05, 4.69) is 4.99 Å². The molecule has 1 heterocycles. The second-order valence-corrected chi connectivity index (χ2v) is 6.89. The van der Waals surface area contributed by atoms with Gasteiger partial charge < -0.3 is 9.84 Å². The highest BCUT2D eigenvalue weighted by atomic mass is 35.5. The van der Waals surface area contributed by atoms with Crippen molar-refractivity contribution >= 4 is 56.7 Å². The molecule has 2 aromatic carbocycles. The van der Waals surface area contributed by atoms with Crippen LogP contribution in [0.2, 0.25) is 5.02 Å². The van der Waals surface area contributed by atoms with Crippen LogP contribution in [0.5, 0.6) is 0 Å². The number of ether oxygens (including phenoxy) is 1. The van der Waals surface area contributed by atoms with Crippen LogP contribution in [0.4, 0.5) is 10.1 Å². The normalized spacial score (nSPS) is 12.4. The Hall–Kier alpha value is -2.70. The molecule has 0 aliphatic rings. The lowest BCUT2D eigenvalue weighted by atomic mass is 10.2. The second kappa shape index (κ2) is 8.33. The SMILES string of the molecule is CCOC(=O)/C(C=Nc1ccc(F)cc1)=C(\O)c1sc2ccccc2c1Cl. The van der Waals surface area contributed by atoms with Gasteiger partial charge in [-0.15, -0.1) is 11.3 Å². The molecule has 0 fully saturated rings. The number of thiophene rings is 1. The molecule has 0 unspecified atom stereocenters. The van der Waals surface area contributed by atoms with Crippen LogP contribution in [0.15, 0.2) is 59.1 Å².